The number of fused-ring (bicyclic) bond motifs is 2. The van der Waals surface area contributed by atoms with E-state index in [-0.39, 0.29) is 24.2 Å². The van der Waals surface area contributed by atoms with Crippen molar-refractivity contribution in [3.8, 4) is 0 Å². The lowest BCUT2D eigenvalue weighted by molar-refractivity contribution is -0.122. The Balaban J connectivity index is 1.39. The predicted octanol–water partition coefficient (Wildman–Crippen LogP) is 0.0657. The van der Waals surface area contributed by atoms with E-state index in [1.807, 2.05) is 38.2 Å². The van der Waals surface area contributed by atoms with Crippen LogP contribution in [-0.4, -0.2) is 45.9 Å². The third kappa shape index (κ3) is 2.91. The molecular formula is C17H25N7O. The highest BCUT2D eigenvalue weighted by Gasteiger charge is 2.47. The van der Waals surface area contributed by atoms with Gasteiger partial charge in [-0.05, 0) is 26.0 Å². The van der Waals surface area contributed by atoms with E-state index in [4.69, 9.17) is 0 Å². The van der Waals surface area contributed by atoms with Gasteiger partial charge in [-0.1, -0.05) is 12.1 Å². The molecule has 0 radical (unpaired) electrons. The molecule has 2 aromatic rings. The average molecular weight is 343 g/mol. The number of hydrogen-bond donors (Lipinski definition) is 4. The Morgan fingerprint density at radius 2 is 2.12 bits per heavy atom. The molecule has 8 nitrogen and oxygen atoms in total. The molecule has 4 N–H and O–H groups in total. The lowest BCUT2D eigenvalue weighted by Gasteiger charge is -2.21. The van der Waals surface area contributed by atoms with E-state index < -0.39 is 0 Å². The number of rotatable bonds is 4. The summed E-state index contributed by atoms with van der Waals surface area (Å²) >= 11 is 0. The van der Waals surface area contributed by atoms with Crippen molar-refractivity contribution in [1.82, 2.24) is 36.2 Å². The minimum absolute atomic E-state index is 0.0406. The van der Waals surface area contributed by atoms with Crippen molar-refractivity contribution in [2.45, 2.75) is 45.2 Å². The Bertz CT molecular complexity index is 788. The average Bonchev–Trinajstić information content (AvgIpc) is 3.21. The Morgan fingerprint density at radius 3 is 2.96 bits per heavy atom. The second-order valence-corrected chi connectivity index (χ2v) is 6.93. The molecule has 1 aromatic carbocycles. The Labute approximate surface area is 146 Å². The van der Waals surface area contributed by atoms with Crippen LogP contribution >= 0.6 is 0 Å². The maximum atomic E-state index is 12.5. The third-order valence-corrected chi connectivity index (χ3v) is 5.26. The number of carbonyl (C=O) groups is 1. The number of nitrogens with zero attached hydrogens (tertiary/aromatic N) is 3. The van der Waals surface area contributed by atoms with E-state index in [9.17, 15) is 4.79 Å². The number of hydrogen-bond acceptors (Lipinski definition) is 6. The summed E-state index contributed by atoms with van der Waals surface area (Å²) in [5.41, 5.74) is 11.9. The van der Waals surface area contributed by atoms with E-state index in [0.29, 0.717) is 19.0 Å². The number of aromatic nitrogens is 2. The third-order valence-electron chi connectivity index (χ3n) is 5.26. The first kappa shape index (κ1) is 16.5. The molecule has 2 aliphatic heterocycles. The Hall–Kier alpha value is -2.00. The van der Waals surface area contributed by atoms with E-state index in [1.54, 1.807) is 0 Å². The van der Waals surface area contributed by atoms with Crippen LogP contribution in [0.3, 0.4) is 0 Å². The molecule has 0 spiro atoms. The minimum Gasteiger partial charge on any atom is -0.339 e. The zero-order valence-corrected chi connectivity index (χ0v) is 14.8. The molecule has 0 aliphatic carbocycles. The SMILES string of the molecule is Cc1nc2ccccc2n1CCC(=O)NC1NNC2C1C(C)NN2C. The molecule has 2 aliphatic rings. The first-order valence-corrected chi connectivity index (χ1v) is 8.76. The number of aryl methyl sites for hydroxylation is 2. The second-order valence-electron chi connectivity index (χ2n) is 6.93. The molecule has 2 saturated heterocycles. The maximum absolute atomic E-state index is 12.5. The number of para-hydroxylation sites is 2. The highest BCUT2D eigenvalue weighted by atomic mass is 16.1. The zero-order chi connectivity index (χ0) is 17.6. The summed E-state index contributed by atoms with van der Waals surface area (Å²) in [5, 5.41) is 5.17. The van der Waals surface area contributed by atoms with Gasteiger partial charge in [0.15, 0.2) is 0 Å². The maximum Gasteiger partial charge on any atom is 0.223 e. The molecule has 0 bridgehead atoms. The van der Waals surface area contributed by atoms with Crippen LogP contribution in [0.15, 0.2) is 24.3 Å². The van der Waals surface area contributed by atoms with Crippen LogP contribution in [0.1, 0.15) is 19.2 Å². The molecule has 4 rings (SSSR count). The highest BCUT2D eigenvalue weighted by molar-refractivity contribution is 5.78. The highest BCUT2D eigenvalue weighted by Crippen LogP contribution is 2.25. The fraction of sp³-hybridized carbons (Fsp3) is 0.529. The monoisotopic (exact) mass is 343 g/mol. The summed E-state index contributed by atoms with van der Waals surface area (Å²) in [6, 6.07) is 8.32. The van der Waals surface area contributed by atoms with Gasteiger partial charge in [-0.15, -0.1) is 0 Å². The number of nitrogens with one attached hydrogen (secondary N) is 4. The van der Waals surface area contributed by atoms with Gasteiger partial charge in [-0.25, -0.2) is 20.8 Å². The molecule has 4 unspecified atom stereocenters. The van der Waals surface area contributed by atoms with Crippen LogP contribution in [0, 0.1) is 12.8 Å². The first-order chi connectivity index (χ1) is 12.0. The van der Waals surface area contributed by atoms with Gasteiger partial charge in [0.1, 0.15) is 5.82 Å². The van der Waals surface area contributed by atoms with Crippen molar-refractivity contribution < 1.29 is 4.79 Å². The van der Waals surface area contributed by atoms with Crippen molar-refractivity contribution >= 4 is 16.9 Å². The molecule has 0 saturated carbocycles. The van der Waals surface area contributed by atoms with E-state index in [0.717, 1.165) is 16.9 Å². The van der Waals surface area contributed by atoms with Crippen LogP contribution in [0.2, 0.25) is 0 Å². The van der Waals surface area contributed by atoms with Crippen LogP contribution in [0.4, 0.5) is 0 Å². The van der Waals surface area contributed by atoms with Gasteiger partial charge in [0.2, 0.25) is 5.91 Å². The summed E-state index contributed by atoms with van der Waals surface area (Å²) < 4.78 is 2.10. The Kier molecular flexibility index (Phi) is 4.20. The van der Waals surface area contributed by atoms with Crippen LogP contribution in [0.25, 0.3) is 11.0 Å². The Morgan fingerprint density at radius 1 is 1.32 bits per heavy atom. The van der Waals surface area contributed by atoms with Crippen LogP contribution in [-0.2, 0) is 11.3 Å². The molecule has 134 valence electrons. The van der Waals surface area contributed by atoms with Gasteiger partial charge in [0.05, 0.1) is 23.4 Å². The molecule has 3 heterocycles. The molecule has 1 amide bonds. The lowest BCUT2D eigenvalue weighted by Crippen LogP contribution is -2.51. The van der Waals surface area contributed by atoms with E-state index in [2.05, 4.69) is 43.1 Å². The van der Waals surface area contributed by atoms with Gasteiger partial charge in [-0.2, -0.15) is 0 Å². The lowest BCUT2D eigenvalue weighted by atomic mass is 9.98. The van der Waals surface area contributed by atoms with Crippen molar-refractivity contribution in [1.29, 1.82) is 0 Å². The van der Waals surface area contributed by atoms with E-state index >= 15 is 0 Å². The van der Waals surface area contributed by atoms with Crippen LogP contribution in [0.5, 0.6) is 0 Å². The minimum atomic E-state index is -0.0782. The molecular weight excluding hydrogens is 318 g/mol. The molecule has 25 heavy (non-hydrogen) atoms. The number of hydrazine groups is 2. The van der Waals surface area contributed by atoms with E-state index in [1.165, 1.54) is 0 Å². The molecule has 1 aromatic heterocycles. The van der Waals surface area contributed by atoms with Crippen molar-refractivity contribution in [3.05, 3.63) is 30.1 Å². The van der Waals surface area contributed by atoms with Gasteiger partial charge in [0, 0.05) is 32.0 Å². The van der Waals surface area contributed by atoms with Crippen LogP contribution < -0.4 is 21.6 Å². The topological polar surface area (TPSA) is 86.2 Å². The normalized spacial score (nSPS) is 29.2. The summed E-state index contributed by atoms with van der Waals surface area (Å²) in [5.74, 6) is 1.26. The number of benzene rings is 1. The summed E-state index contributed by atoms with van der Waals surface area (Å²) in [7, 11) is 2.01. The second kappa shape index (κ2) is 6.38. The van der Waals surface area contributed by atoms with Crippen molar-refractivity contribution in [2.24, 2.45) is 5.92 Å². The van der Waals surface area contributed by atoms with Gasteiger partial charge < -0.3 is 9.88 Å². The van der Waals surface area contributed by atoms with Gasteiger partial charge in [0.25, 0.3) is 0 Å². The van der Waals surface area contributed by atoms with Gasteiger partial charge in [-0.3, -0.25) is 10.2 Å². The van der Waals surface area contributed by atoms with Crippen molar-refractivity contribution in [2.75, 3.05) is 7.05 Å². The molecule has 2 fully saturated rings. The number of imidazole rings is 1. The summed E-state index contributed by atoms with van der Waals surface area (Å²) in [4.78, 5) is 17.0. The largest absolute Gasteiger partial charge is 0.339 e. The quantitative estimate of drug-likeness (QED) is 0.628. The predicted molar refractivity (Wildman–Crippen MR) is 94.9 cm³/mol. The fourth-order valence-electron chi connectivity index (χ4n) is 4.02. The summed E-state index contributed by atoms with van der Waals surface area (Å²) in [6.45, 7) is 4.74. The molecule has 4 atom stereocenters. The standard InChI is InChI=1S/C17H25N7O/c1-10-15-16(20-21-17(15)23(3)22-10)19-14(25)8-9-24-11(2)18-12-6-4-5-7-13(12)24/h4-7,10,15-17,20-22H,8-9H2,1-3H3,(H,19,25). The number of amides is 1. The smallest absolute Gasteiger partial charge is 0.223 e. The molecule has 8 heteroatoms. The number of carbonyl (C=O) groups excluding carboxylic acids is 1. The van der Waals surface area contributed by atoms with Gasteiger partial charge >= 0.3 is 0 Å². The zero-order valence-electron chi connectivity index (χ0n) is 14.8. The fourth-order valence-corrected chi connectivity index (χ4v) is 4.02. The van der Waals surface area contributed by atoms with Crippen molar-refractivity contribution in [3.63, 3.8) is 0 Å². The first-order valence-electron chi connectivity index (χ1n) is 8.76. The summed E-state index contributed by atoms with van der Waals surface area (Å²) in [6.07, 6.45) is 0.528.